The molecule has 1 N–H and O–H groups in total. The highest BCUT2D eigenvalue weighted by molar-refractivity contribution is 5.49. The molecule has 90 valence electrons. The van der Waals surface area contributed by atoms with Gasteiger partial charge in [0.25, 0.3) is 0 Å². The lowest BCUT2D eigenvalue weighted by molar-refractivity contribution is 0.946. The Morgan fingerprint density at radius 3 is 2.83 bits per heavy atom. The summed E-state index contributed by atoms with van der Waals surface area (Å²) >= 11 is 0. The Bertz CT molecular complexity index is 659. The molecule has 0 bridgehead atoms. The molecular formula is C13H13N5. The van der Waals surface area contributed by atoms with Crippen LogP contribution in [0.2, 0.25) is 0 Å². The number of nitrogens with one attached hydrogen (secondary N) is 1. The van der Waals surface area contributed by atoms with Gasteiger partial charge in [-0.25, -0.2) is 4.52 Å². The molecule has 0 atom stereocenters. The van der Waals surface area contributed by atoms with Crippen LogP contribution in [0.1, 0.15) is 11.1 Å². The second kappa shape index (κ2) is 4.44. The molecule has 0 spiro atoms. The van der Waals surface area contributed by atoms with E-state index < -0.39 is 0 Å². The Balaban J connectivity index is 1.81. The van der Waals surface area contributed by atoms with Gasteiger partial charge in [0, 0.05) is 25.1 Å². The molecule has 0 radical (unpaired) electrons. The van der Waals surface area contributed by atoms with Gasteiger partial charge in [0.2, 0.25) is 5.95 Å². The summed E-state index contributed by atoms with van der Waals surface area (Å²) < 4.78 is 1.78. The van der Waals surface area contributed by atoms with Crippen LogP contribution in [0.5, 0.6) is 0 Å². The largest absolute Gasteiger partial charge is 0.349 e. The Morgan fingerprint density at radius 2 is 2.06 bits per heavy atom. The molecule has 3 rings (SSSR count). The van der Waals surface area contributed by atoms with E-state index in [1.165, 1.54) is 0 Å². The number of pyridine rings is 2. The van der Waals surface area contributed by atoms with Crippen LogP contribution < -0.4 is 5.32 Å². The Kier molecular flexibility index (Phi) is 2.64. The summed E-state index contributed by atoms with van der Waals surface area (Å²) in [5.41, 5.74) is 3.15. The van der Waals surface area contributed by atoms with Crippen molar-refractivity contribution in [3.8, 4) is 0 Å². The van der Waals surface area contributed by atoms with Gasteiger partial charge in [-0.3, -0.25) is 4.98 Å². The smallest absolute Gasteiger partial charge is 0.243 e. The highest BCUT2D eigenvalue weighted by Gasteiger charge is 2.04. The van der Waals surface area contributed by atoms with Crippen molar-refractivity contribution < 1.29 is 0 Å². The maximum atomic E-state index is 4.45. The lowest BCUT2D eigenvalue weighted by Gasteiger charge is -2.00. The first-order chi connectivity index (χ1) is 8.83. The molecule has 3 aromatic heterocycles. The van der Waals surface area contributed by atoms with Crippen LogP contribution in [0.25, 0.3) is 5.65 Å². The standard InChI is InChI=1S/C13H13N5/c1-10-3-2-8-18-12(10)16-13(17-18)15-9-11-4-6-14-7-5-11/h2-8H,9H2,1H3,(H,15,17). The molecule has 3 heterocycles. The van der Waals surface area contributed by atoms with E-state index in [-0.39, 0.29) is 0 Å². The first-order valence-electron chi connectivity index (χ1n) is 5.78. The molecule has 0 unspecified atom stereocenters. The van der Waals surface area contributed by atoms with Crippen molar-refractivity contribution in [2.24, 2.45) is 0 Å². The third kappa shape index (κ3) is 2.02. The van der Waals surface area contributed by atoms with E-state index in [0.717, 1.165) is 16.8 Å². The monoisotopic (exact) mass is 239 g/mol. The minimum Gasteiger partial charge on any atom is -0.349 e. The topological polar surface area (TPSA) is 55.1 Å². The molecule has 5 heteroatoms. The zero-order valence-electron chi connectivity index (χ0n) is 10.0. The normalized spacial score (nSPS) is 10.7. The van der Waals surface area contributed by atoms with Crippen molar-refractivity contribution in [2.45, 2.75) is 13.5 Å². The molecule has 5 nitrogen and oxygen atoms in total. The minimum atomic E-state index is 0.640. The molecule has 0 aromatic carbocycles. The summed E-state index contributed by atoms with van der Waals surface area (Å²) in [5.74, 6) is 0.640. The number of rotatable bonds is 3. The van der Waals surface area contributed by atoms with E-state index in [1.54, 1.807) is 16.9 Å². The number of anilines is 1. The number of hydrogen-bond donors (Lipinski definition) is 1. The summed E-state index contributed by atoms with van der Waals surface area (Å²) in [7, 11) is 0. The Hall–Kier alpha value is -2.43. The first kappa shape index (κ1) is 10.7. The van der Waals surface area contributed by atoms with Crippen LogP contribution in [-0.2, 0) is 6.54 Å². The lowest BCUT2D eigenvalue weighted by atomic mass is 10.3. The maximum absolute atomic E-state index is 4.45. The number of hydrogen-bond acceptors (Lipinski definition) is 4. The molecule has 0 aliphatic heterocycles. The average Bonchev–Trinajstić information content (AvgIpc) is 2.82. The van der Waals surface area contributed by atoms with Gasteiger partial charge in [-0.05, 0) is 36.2 Å². The van der Waals surface area contributed by atoms with E-state index in [0.29, 0.717) is 12.5 Å². The van der Waals surface area contributed by atoms with E-state index in [4.69, 9.17) is 0 Å². The second-order valence-corrected chi connectivity index (χ2v) is 4.10. The highest BCUT2D eigenvalue weighted by atomic mass is 15.3. The third-order valence-corrected chi connectivity index (χ3v) is 2.76. The summed E-state index contributed by atoms with van der Waals surface area (Å²) in [6.45, 7) is 2.72. The zero-order chi connectivity index (χ0) is 12.4. The van der Waals surface area contributed by atoms with Crippen molar-refractivity contribution in [1.82, 2.24) is 19.6 Å². The molecule has 0 amide bonds. The summed E-state index contributed by atoms with van der Waals surface area (Å²) in [5, 5.41) is 7.57. The highest BCUT2D eigenvalue weighted by Crippen LogP contribution is 2.10. The Morgan fingerprint density at radius 1 is 1.22 bits per heavy atom. The van der Waals surface area contributed by atoms with Crippen molar-refractivity contribution in [1.29, 1.82) is 0 Å². The summed E-state index contributed by atoms with van der Waals surface area (Å²) in [6.07, 6.45) is 5.45. The summed E-state index contributed by atoms with van der Waals surface area (Å²) in [4.78, 5) is 8.44. The fourth-order valence-electron chi connectivity index (χ4n) is 1.80. The first-order valence-corrected chi connectivity index (χ1v) is 5.78. The maximum Gasteiger partial charge on any atom is 0.243 e. The van der Waals surface area contributed by atoms with Gasteiger partial charge >= 0.3 is 0 Å². The van der Waals surface area contributed by atoms with Crippen LogP contribution in [0.15, 0.2) is 42.9 Å². The molecule has 0 saturated heterocycles. The van der Waals surface area contributed by atoms with Crippen LogP contribution >= 0.6 is 0 Å². The van der Waals surface area contributed by atoms with Crippen LogP contribution in [0.4, 0.5) is 5.95 Å². The quantitative estimate of drug-likeness (QED) is 0.760. The van der Waals surface area contributed by atoms with E-state index in [9.17, 15) is 0 Å². The van der Waals surface area contributed by atoms with E-state index in [1.807, 2.05) is 37.4 Å². The van der Waals surface area contributed by atoms with Crippen LogP contribution in [-0.4, -0.2) is 19.6 Å². The molecule has 3 aromatic rings. The minimum absolute atomic E-state index is 0.640. The average molecular weight is 239 g/mol. The number of aryl methyl sites for hydroxylation is 1. The van der Waals surface area contributed by atoms with Gasteiger partial charge in [-0.15, -0.1) is 5.10 Å². The predicted octanol–water partition coefficient (Wildman–Crippen LogP) is 2.04. The third-order valence-electron chi connectivity index (χ3n) is 2.76. The van der Waals surface area contributed by atoms with Crippen molar-refractivity contribution >= 4 is 11.6 Å². The molecule has 0 aliphatic carbocycles. The molecule has 0 fully saturated rings. The number of nitrogens with zero attached hydrogens (tertiary/aromatic N) is 4. The SMILES string of the molecule is Cc1cccn2nc(NCc3ccncc3)nc12. The van der Waals surface area contributed by atoms with Crippen molar-refractivity contribution in [3.05, 3.63) is 54.0 Å². The van der Waals surface area contributed by atoms with Gasteiger partial charge in [0.05, 0.1) is 0 Å². The van der Waals surface area contributed by atoms with Gasteiger partial charge in [0.1, 0.15) is 0 Å². The van der Waals surface area contributed by atoms with E-state index in [2.05, 4.69) is 20.4 Å². The molecule has 0 aliphatic rings. The van der Waals surface area contributed by atoms with Gasteiger partial charge in [0.15, 0.2) is 5.65 Å². The van der Waals surface area contributed by atoms with Crippen molar-refractivity contribution in [3.63, 3.8) is 0 Å². The van der Waals surface area contributed by atoms with Gasteiger partial charge in [-0.2, -0.15) is 4.98 Å². The number of aromatic nitrogens is 4. The summed E-state index contributed by atoms with van der Waals surface area (Å²) in [6, 6.07) is 7.92. The molecule has 0 saturated carbocycles. The Labute approximate surface area is 105 Å². The zero-order valence-corrected chi connectivity index (χ0v) is 10.0. The van der Waals surface area contributed by atoms with E-state index >= 15 is 0 Å². The van der Waals surface area contributed by atoms with Gasteiger partial charge < -0.3 is 5.32 Å². The number of fused-ring (bicyclic) bond motifs is 1. The van der Waals surface area contributed by atoms with Crippen LogP contribution in [0.3, 0.4) is 0 Å². The lowest BCUT2D eigenvalue weighted by Crippen LogP contribution is -2.01. The fraction of sp³-hybridized carbons (Fsp3) is 0.154. The molecule has 18 heavy (non-hydrogen) atoms. The molecular weight excluding hydrogens is 226 g/mol. The van der Waals surface area contributed by atoms with Crippen molar-refractivity contribution in [2.75, 3.05) is 5.32 Å². The van der Waals surface area contributed by atoms with Gasteiger partial charge in [-0.1, -0.05) is 6.07 Å². The van der Waals surface area contributed by atoms with Crippen LogP contribution in [0, 0.1) is 6.92 Å². The fourth-order valence-corrected chi connectivity index (χ4v) is 1.80. The second-order valence-electron chi connectivity index (χ2n) is 4.10. The predicted molar refractivity (Wildman–Crippen MR) is 69.3 cm³/mol.